The fourth-order valence-electron chi connectivity index (χ4n) is 1.97. The molecule has 0 aromatic carbocycles. The molecule has 0 spiro atoms. The molecule has 0 unspecified atom stereocenters. The second-order valence-electron chi connectivity index (χ2n) is 5.55. The first-order valence-electron chi connectivity index (χ1n) is 6.34. The van der Waals surface area contributed by atoms with Crippen LogP contribution in [0.5, 0.6) is 0 Å². The van der Waals surface area contributed by atoms with E-state index in [-0.39, 0.29) is 12.2 Å². The zero-order valence-corrected chi connectivity index (χ0v) is 11.9. The summed E-state index contributed by atoms with van der Waals surface area (Å²) in [7, 11) is 1.23. The largest absolute Gasteiger partial charge is 0.469 e. The molecule has 0 aliphatic carbocycles. The molecule has 1 atom stereocenters. The fourth-order valence-corrected chi connectivity index (χ4v) is 1.97. The van der Waals surface area contributed by atoms with Gasteiger partial charge in [0.1, 0.15) is 12.0 Å². The second-order valence-corrected chi connectivity index (χ2v) is 5.55. The van der Waals surface area contributed by atoms with Crippen molar-refractivity contribution >= 4 is 17.8 Å². The van der Waals surface area contributed by atoms with Crippen molar-refractivity contribution in [3.63, 3.8) is 0 Å². The Morgan fingerprint density at radius 3 is 2.42 bits per heavy atom. The highest BCUT2D eigenvalue weighted by atomic mass is 16.6. The Balaban J connectivity index is 2.66. The minimum Gasteiger partial charge on any atom is -0.469 e. The first-order valence-corrected chi connectivity index (χ1v) is 6.34. The van der Waals surface area contributed by atoms with E-state index in [0.29, 0.717) is 13.0 Å². The normalized spacial score (nSPS) is 19.2. The smallest absolute Gasteiger partial charge is 0.410 e. The van der Waals surface area contributed by atoms with Crippen LogP contribution in [0, 0.1) is 0 Å². The molecule has 1 heterocycles. The Kier molecular flexibility index (Phi) is 4.91. The number of ketones is 1. The Bertz CT molecular complexity index is 372. The summed E-state index contributed by atoms with van der Waals surface area (Å²) in [4.78, 5) is 36.4. The number of ether oxygens (including phenoxy) is 2. The number of nitrogens with zero attached hydrogens (tertiary/aromatic N) is 1. The van der Waals surface area contributed by atoms with Gasteiger partial charge in [-0.15, -0.1) is 0 Å². The molecule has 0 aromatic heterocycles. The number of Topliss-reactive ketones (excluding diaryl/α,β-unsaturated/α-hetero) is 1. The molecule has 1 aliphatic heterocycles. The van der Waals surface area contributed by atoms with Gasteiger partial charge in [-0.05, 0) is 33.6 Å². The van der Waals surface area contributed by atoms with Gasteiger partial charge in [0, 0.05) is 6.54 Å². The van der Waals surface area contributed by atoms with Crippen LogP contribution in [-0.4, -0.2) is 48.0 Å². The molecule has 1 aliphatic rings. The summed E-state index contributed by atoms with van der Waals surface area (Å²) < 4.78 is 9.71. The molecular formula is C13H21NO5. The summed E-state index contributed by atoms with van der Waals surface area (Å²) in [5, 5.41) is 0. The number of likely N-dealkylation sites (tertiary alicyclic amines) is 1. The number of carbonyl (C=O) groups excluding carboxylic acids is 3. The van der Waals surface area contributed by atoms with E-state index >= 15 is 0 Å². The average molecular weight is 271 g/mol. The lowest BCUT2D eigenvalue weighted by Crippen LogP contribution is -2.43. The first kappa shape index (κ1) is 15.5. The molecule has 6 heteroatoms. The third kappa shape index (κ3) is 4.54. The molecule has 0 aromatic rings. The highest BCUT2D eigenvalue weighted by molar-refractivity contribution is 5.99. The van der Waals surface area contributed by atoms with Crippen LogP contribution in [0.2, 0.25) is 0 Å². The van der Waals surface area contributed by atoms with Gasteiger partial charge in [-0.25, -0.2) is 4.79 Å². The zero-order valence-electron chi connectivity index (χ0n) is 11.9. The first-order chi connectivity index (χ1) is 8.74. The molecule has 1 rings (SSSR count). The van der Waals surface area contributed by atoms with Crippen molar-refractivity contribution in [2.45, 2.75) is 51.7 Å². The lowest BCUT2D eigenvalue weighted by Gasteiger charge is -2.27. The third-order valence-electron chi connectivity index (χ3n) is 2.80. The van der Waals surface area contributed by atoms with Gasteiger partial charge in [-0.2, -0.15) is 0 Å². The molecule has 19 heavy (non-hydrogen) atoms. The van der Waals surface area contributed by atoms with E-state index < -0.39 is 23.7 Å². The van der Waals surface area contributed by atoms with Crippen molar-refractivity contribution in [3.05, 3.63) is 0 Å². The van der Waals surface area contributed by atoms with E-state index in [2.05, 4.69) is 4.74 Å². The van der Waals surface area contributed by atoms with Crippen molar-refractivity contribution < 1.29 is 23.9 Å². The summed E-state index contributed by atoms with van der Waals surface area (Å²) in [6, 6.07) is -0.575. The van der Waals surface area contributed by atoms with Crippen molar-refractivity contribution in [1.29, 1.82) is 0 Å². The summed E-state index contributed by atoms with van der Waals surface area (Å²) in [5.41, 5.74) is -0.602. The number of hydrogen-bond donors (Lipinski definition) is 0. The number of esters is 1. The minimum atomic E-state index is -0.602. The Hall–Kier alpha value is -1.59. The summed E-state index contributed by atoms with van der Waals surface area (Å²) in [6.07, 6.45) is 0.486. The number of methoxy groups -OCH3 is 1. The van der Waals surface area contributed by atoms with Crippen LogP contribution in [0.4, 0.5) is 4.79 Å². The topological polar surface area (TPSA) is 72.9 Å². The fraction of sp³-hybridized carbons (Fsp3) is 0.769. The molecule has 1 fully saturated rings. The van der Waals surface area contributed by atoms with Crippen LogP contribution < -0.4 is 0 Å². The average Bonchev–Trinajstić information content (AvgIpc) is 2.75. The standard InChI is InChI=1S/C13H21NO5/c1-13(2,3)19-12(17)14-7-5-6-9(14)10(15)8-11(16)18-4/h9H,5-8H2,1-4H3/t9-/m1/s1. The van der Waals surface area contributed by atoms with E-state index in [1.54, 1.807) is 20.8 Å². The summed E-state index contributed by atoms with van der Waals surface area (Å²) >= 11 is 0. The molecule has 0 radical (unpaired) electrons. The maximum atomic E-state index is 12.0. The van der Waals surface area contributed by atoms with Crippen LogP contribution in [0.1, 0.15) is 40.0 Å². The second kappa shape index (κ2) is 6.04. The predicted octanol–water partition coefficient (Wildman–Crippen LogP) is 1.52. The van der Waals surface area contributed by atoms with Gasteiger partial charge < -0.3 is 9.47 Å². The van der Waals surface area contributed by atoms with Gasteiger partial charge in [0.05, 0.1) is 13.2 Å². The number of rotatable bonds is 3. The molecule has 108 valence electrons. The van der Waals surface area contributed by atoms with Crippen LogP contribution in [0.3, 0.4) is 0 Å². The Morgan fingerprint density at radius 2 is 1.89 bits per heavy atom. The van der Waals surface area contributed by atoms with Gasteiger partial charge >= 0.3 is 12.1 Å². The van der Waals surface area contributed by atoms with Crippen LogP contribution in [0.15, 0.2) is 0 Å². The number of carbonyl (C=O) groups is 3. The van der Waals surface area contributed by atoms with Crippen LogP contribution >= 0.6 is 0 Å². The molecular weight excluding hydrogens is 250 g/mol. The summed E-state index contributed by atoms with van der Waals surface area (Å²) in [6.45, 7) is 5.79. The molecule has 1 amide bonds. The van der Waals surface area contributed by atoms with Gasteiger partial charge in [-0.3, -0.25) is 14.5 Å². The van der Waals surface area contributed by atoms with E-state index in [0.717, 1.165) is 6.42 Å². The SMILES string of the molecule is COC(=O)CC(=O)[C@H]1CCCN1C(=O)OC(C)(C)C. The van der Waals surface area contributed by atoms with Gasteiger partial charge in [0.15, 0.2) is 5.78 Å². The highest BCUT2D eigenvalue weighted by Gasteiger charge is 2.36. The Labute approximate surface area is 113 Å². The third-order valence-corrected chi connectivity index (χ3v) is 2.80. The number of hydrogen-bond acceptors (Lipinski definition) is 5. The van der Waals surface area contributed by atoms with Gasteiger partial charge in [-0.1, -0.05) is 0 Å². The van der Waals surface area contributed by atoms with Crippen LogP contribution in [-0.2, 0) is 19.1 Å². The van der Waals surface area contributed by atoms with E-state index in [1.165, 1.54) is 12.0 Å². The molecule has 1 saturated heterocycles. The van der Waals surface area contributed by atoms with Gasteiger partial charge in [0.2, 0.25) is 0 Å². The monoisotopic (exact) mass is 271 g/mol. The van der Waals surface area contributed by atoms with Crippen LogP contribution in [0.25, 0.3) is 0 Å². The van der Waals surface area contributed by atoms with Gasteiger partial charge in [0.25, 0.3) is 0 Å². The molecule has 0 bridgehead atoms. The molecule has 0 saturated carbocycles. The predicted molar refractivity (Wildman–Crippen MR) is 67.6 cm³/mol. The van der Waals surface area contributed by atoms with Crippen molar-refractivity contribution in [1.82, 2.24) is 4.90 Å². The van der Waals surface area contributed by atoms with Crippen molar-refractivity contribution in [2.24, 2.45) is 0 Å². The number of amides is 1. The summed E-state index contributed by atoms with van der Waals surface area (Å²) in [5.74, 6) is -0.878. The van der Waals surface area contributed by atoms with Crippen molar-refractivity contribution in [3.8, 4) is 0 Å². The Morgan fingerprint density at radius 1 is 1.26 bits per heavy atom. The van der Waals surface area contributed by atoms with Crippen molar-refractivity contribution in [2.75, 3.05) is 13.7 Å². The van der Waals surface area contributed by atoms with E-state index in [1.807, 2.05) is 0 Å². The lowest BCUT2D eigenvalue weighted by molar-refractivity contribution is -0.144. The van der Waals surface area contributed by atoms with E-state index in [9.17, 15) is 14.4 Å². The quantitative estimate of drug-likeness (QED) is 0.574. The molecule has 6 nitrogen and oxygen atoms in total. The highest BCUT2D eigenvalue weighted by Crippen LogP contribution is 2.22. The maximum absolute atomic E-state index is 12.0. The van der Waals surface area contributed by atoms with E-state index in [4.69, 9.17) is 4.74 Å². The molecule has 0 N–H and O–H groups in total. The minimum absolute atomic E-state index is 0.296. The lowest BCUT2D eigenvalue weighted by atomic mass is 10.1. The zero-order chi connectivity index (χ0) is 14.6. The maximum Gasteiger partial charge on any atom is 0.410 e.